The van der Waals surface area contributed by atoms with Gasteiger partial charge in [0, 0.05) is 16.6 Å². The highest BCUT2D eigenvalue weighted by atomic mass is 19.1. The van der Waals surface area contributed by atoms with Gasteiger partial charge in [0.1, 0.15) is 12.4 Å². The van der Waals surface area contributed by atoms with Gasteiger partial charge in [0.2, 0.25) is 0 Å². The van der Waals surface area contributed by atoms with Crippen LogP contribution in [-0.4, -0.2) is 15.6 Å². The number of aromatic nitrogens is 1. The molecule has 0 atom stereocenters. The summed E-state index contributed by atoms with van der Waals surface area (Å²) in [6, 6.07) is 4.41. The maximum atomic E-state index is 13.1. The lowest BCUT2D eigenvalue weighted by molar-refractivity contribution is -0.137. The Kier molecular flexibility index (Phi) is 2.42. The van der Waals surface area contributed by atoms with Crippen LogP contribution in [-0.2, 0) is 11.3 Å². The summed E-state index contributed by atoms with van der Waals surface area (Å²) >= 11 is 0. The number of hydrogen-bond donors (Lipinski definition) is 1. The fourth-order valence-corrected chi connectivity index (χ4v) is 1.96. The van der Waals surface area contributed by atoms with Gasteiger partial charge >= 0.3 is 5.97 Å². The normalized spacial score (nSPS) is 10.9. The molecule has 0 aliphatic rings. The van der Waals surface area contributed by atoms with Crippen LogP contribution in [0.1, 0.15) is 11.3 Å². The predicted octanol–water partition coefficient (Wildman–Crippen LogP) is 2.48. The summed E-state index contributed by atoms with van der Waals surface area (Å²) < 4.78 is 14.8. The lowest BCUT2D eigenvalue weighted by Crippen LogP contribution is -2.09. The molecule has 0 amide bonds. The van der Waals surface area contributed by atoms with Gasteiger partial charge in [-0.05, 0) is 37.6 Å². The van der Waals surface area contributed by atoms with Crippen LogP contribution in [0.4, 0.5) is 4.39 Å². The zero-order chi connectivity index (χ0) is 11.9. The van der Waals surface area contributed by atoms with E-state index in [0.29, 0.717) is 0 Å². The van der Waals surface area contributed by atoms with Crippen molar-refractivity contribution in [1.29, 1.82) is 0 Å². The van der Waals surface area contributed by atoms with Crippen molar-refractivity contribution in [3.8, 4) is 0 Å². The smallest absolute Gasteiger partial charge is 0.323 e. The Morgan fingerprint density at radius 2 is 2.12 bits per heavy atom. The van der Waals surface area contributed by atoms with Crippen molar-refractivity contribution in [2.24, 2.45) is 0 Å². The van der Waals surface area contributed by atoms with E-state index in [2.05, 4.69) is 0 Å². The second-order valence-electron chi connectivity index (χ2n) is 3.85. The van der Waals surface area contributed by atoms with Crippen LogP contribution < -0.4 is 0 Å². The highest BCUT2D eigenvalue weighted by Crippen LogP contribution is 2.25. The topological polar surface area (TPSA) is 42.2 Å². The van der Waals surface area contributed by atoms with Gasteiger partial charge in [-0.15, -0.1) is 0 Å². The van der Waals surface area contributed by atoms with Gasteiger partial charge in [-0.3, -0.25) is 4.79 Å². The van der Waals surface area contributed by atoms with Crippen molar-refractivity contribution in [3.63, 3.8) is 0 Å². The van der Waals surface area contributed by atoms with Crippen LogP contribution in [0.3, 0.4) is 0 Å². The number of halogens is 1. The molecule has 1 N–H and O–H groups in total. The van der Waals surface area contributed by atoms with E-state index in [9.17, 15) is 9.18 Å². The van der Waals surface area contributed by atoms with Crippen molar-refractivity contribution in [3.05, 3.63) is 35.3 Å². The van der Waals surface area contributed by atoms with E-state index in [0.717, 1.165) is 22.2 Å². The van der Waals surface area contributed by atoms with Crippen LogP contribution in [0, 0.1) is 19.7 Å². The first-order valence-electron chi connectivity index (χ1n) is 4.97. The molecule has 0 radical (unpaired) electrons. The molecule has 1 aromatic carbocycles. The molecule has 0 bridgehead atoms. The van der Waals surface area contributed by atoms with Gasteiger partial charge in [-0.2, -0.15) is 0 Å². The minimum absolute atomic E-state index is 0.0954. The van der Waals surface area contributed by atoms with E-state index in [1.54, 1.807) is 10.6 Å². The molecule has 1 heterocycles. The molecule has 2 rings (SSSR count). The van der Waals surface area contributed by atoms with Gasteiger partial charge in [-0.1, -0.05) is 0 Å². The number of carboxylic acids is 1. The SMILES string of the molecule is Cc1c(C)n(CC(=O)O)c2ccc(F)cc12. The quantitative estimate of drug-likeness (QED) is 0.846. The van der Waals surface area contributed by atoms with E-state index in [4.69, 9.17) is 5.11 Å². The molecule has 84 valence electrons. The number of aryl methyl sites for hydroxylation is 1. The minimum atomic E-state index is -0.899. The summed E-state index contributed by atoms with van der Waals surface area (Å²) in [5.74, 6) is -1.20. The minimum Gasteiger partial charge on any atom is -0.480 e. The summed E-state index contributed by atoms with van der Waals surface area (Å²) in [6.07, 6.45) is 0. The molecule has 0 spiro atoms. The second kappa shape index (κ2) is 3.63. The number of benzene rings is 1. The number of nitrogens with zero attached hydrogens (tertiary/aromatic N) is 1. The molecular formula is C12H12FNO2. The molecule has 0 aliphatic carbocycles. The lowest BCUT2D eigenvalue weighted by atomic mass is 10.1. The molecule has 2 aromatic rings. The first kappa shape index (κ1) is 10.7. The lowest BCUT2D eigenvalue weighted by Gasteiger charge is -2.04. The summed E-state index contributed by atoms with van der Waals surface area (Å²) in [6.45, 7) is 3.62. The van der Waals surface area contributed by atoms with E-state index in [1.807, 2.05) is 13.8 Å². The van der Waals surface area contributed by atoms with Crippen LogP contribution >= 0.6 is 0 Å². The third-order valence-corrected chi connectivity index (χ3v) is 2.89. The molecule has 0 saturated heterocycles. The van der Waals surface area contributed by atoms with Gasteiger partial charge in [0.25, 0.3) is 0 Å². The Morgan fingerprint density at radius 3 is 2.75 bits per heavy atom. The van der Waals surface area contributed by atoms with Gasteiger partial charge in [-0.25, -0.2) is 4.39 Å². The average Bonchev–Trinajstić information content (AvgIpc) is 2.43. The van der Waals surface area contributed by atoms with Gasteiger partial charge in [0.15, 0.2) is 0 Å². The van der Waals surface area contributed by atoms with Crippen LogP contribution in [0.5, 0.6) is 0 Å². The predicted molar refractivity (Wildman–Crippen MR) is 59.0 cm³/mol. The first-order chi connectivity index (χ1) is 7.50. The summed E-state index contributed by atoms with van der Waals surface area (Å²) in [5, 5.41) is 9.60. The fourth-order valence-electron chi connectivity index (χ4n) is 1.96. The average molecular weight is 221 g/mol. The molecule has 1 aromatic heterocycles. The third kappa shape index (κ3) is 1.56. The second-order valence-corrected chi connectivity index (χ2v) is 3.85. The molecule has 0 fully saturated rings. The maximum Gasteiger partial charge on any atom is 0.323 e. The Balaban J connectivity index is 2.73. The Bertz CT molecular complexity index is 572. The van der Waals surface area contributed by atoms with Crippen molar-refractivity contribution in [2.45, 2.75) is 20.4 Å². The summed E-state index contributed by atoms with van der Waals surface area (Å²) in [7, 11) is 0. The number of fused-ring (bicyclic) bond motifs is 1. The Hall–Kier alpha value is -1.84. The third-order valence-electron chi connectivity index (χ3n) is 2.89. The van der Waals surface area contributed by atoms with Crippen molar-refractivity contribution in [1.82, 2.24) is 4.57 Å². The van der Waals surface area contributed by atoms with Crippen LogP contribution in [0.2, 0.25) is 0 Å². The largest absolute Gasteiger partial charge is 0.480 e. The molecule has 16 heavy (non-hydrogen) atoms. The van der Waals surface area contributed by atoms with Crippen molar-refractivity contribution < 1.29 is 14.3 Å². The zero-order valence-corrected chi connectivity index (χ0v) is 9.12. The monoisotopic (exact) mass is 221 g/mol. The Morgan fingerprint density at radius 1 is 1.44 bits per heavy atom. The summed E-state index contributed by atoms with van der Waals surface area (Å²) in [5.41, 5.74) is 2.55. The molecule has 0 aliphatic heterocycles. The fraction of sp³-hybridized carbons (Fsp3) is 0.250. The number of hydrogen-bond acceptors (Lipinski definition) is 1. The highest BCUT2D eigenvalue weighted by molar-refractivity contribution is 5.86. The van der Waals surface area contributed by atoms with Crippen molar-refractivity contribution >= 4 is 16.9 Å². The number of carbonyl (C=O) groups is 1. The molecule has 3 nitrogen and oxygen atoms in total. The molecule has 0 unspecified atom stereocenters. The summed E-state index contributed by atoms with van der Waals surface area (Å²) in [4.78, 5) is 10.7. The van der Waals surface area contributed by atoms with Crippen LogP contribution in [0.25, 0.3) is 10.9 Å². The molecule has 4 heteroatoms. The van der Waals surface area contributed by atoms with E-state index in [-0.39, 0.29) is 12.4 Å². The van der Waals surface area contributed by atoms with E-state index in [1.165, 1.54) is 12.1 Å². The molecule has 0 saturated carbocycles. The number of carboxylic acid groups (broad SMARTS) is 1. The van der Waals surface area contributed by atoms with E-state index < -0.39 is 5.97 Å². The Labute approximate surface area is 92.1 Å². The van der Waals surface area contributed by atoms with Crippen molar-refractivity contribution in [2.75, 3.05) is 0 Å². The standard InChI is InChI=1S/C12H12FNO2/c1-7-8(2)14(6-12(15)16)11-4-3-9(13)5-10(7)11/h3-5H,6H2,1-2H3,(H,15,16). The zero-order valence-electron chi connectivity index (χ0n) is 9.12. The van der Waals surface area contributed by atoms with E-state index >= 15 is 0 Å². The maximum absolute atomic E-state index is 13.1. The first-order valence-corrected chi connectivity index (χ1v) is 4.97. The molecular weight excluding hydrogens is 209 g/mol. The van der Waals surface area contributed by atoms with Gasteiger partial charge < -0.3 is 9.67 Å². The van der Waals surface area contributed by atoms with Crippen LogP contribution in [0.15, 0.2) is 18.2 Å². The number of rotatable bonds is 2. The number of aliphatic carboxylic acids is 1. The van der Waals surface area contributed by atoms with Gasteiger partial charge in [0.05, 0.1) is 0 Å². The highest BCUT2D eigenvalue weighted by Gasteiger charge is 2.13.